The molecule has 1 fully saturated rings. The lowest BCUT2D eigenvalue weighted by Crippen LogP contribution is -2.41. The highest BCUT2D eigenvalue weighted by atomic mass is 19.1. The number of carbonyl (C=O) groups excluding carboxylic acids is 2. The number of nitrogens with two attached hydrogens (primary N) is 1. The van der Waals surface area contributed by atoms with Crippen molar-refractivity contribution >= 4 is 23.2 Å². The number of amides is 2. The third-order valence-corrected chi connectivity index (χ3v) is 4.77. The molecule has 2 amide bonds. The third kappa shape index (κ3) is 4.03. The van der Waals surface area contributed by atoms with Gasteiger partial charge in [0.05, 0.1) is 5.69 Å². The topological polar surface area (TPSA) is 79.0 Å². The summed E-state index contributed by atoms with van der Waals surface area (Å²) in [7, 11) is 0. The Labute approximate surface area is 152 Å². The van der Waals surface area contributed by atoms with Gasteiger partial charge < -0.3 is 10.6 Å². The van der Waals surface area contributed by atoms with E-state index in [1.54, 1.807) is 0 Å². The minimum absolute atomic E-state index is 0.121. The van der Waals surface area contributed by atoms with E-state index in [0.717, 1.165) is 19.3 Å². The molecule has 0 bridgehead atoms. The lowest BCUT2D eigenvalue weighted by Gasteiger charge is -2.23. The fourth-order valence-corrected chi connectivity index (χ4v) is 3.09. The van der Waals surface area contributed by atoms with E-state index in [-0.39, 0.29) is 24.2 Å². The van der Waals surface area contributed by atoms with Crippen molar-refractivity contribution in [3.63, 3.8) is 0 Å². The van der Waals surface area contributed by atoms with Gasteiger partial charge in [-0.05, 0) is 49.4 Å². The fraction of sp³-hybridized carbons (Fsp3) is 0.526. The van der Waals surface area contributed by atoms with Gasteiger partial charge in [-0.2, -0.15) is 5.10 Å². The molecule has 1 aliphatic heterocycles. The Morgan fingerprint density at radius 1 is 1.31 bits per heavy atom. The molecular weight excluding hydrogens is 335 g/mol. The fourth-order valence-electron chi connectivity index (χ4n) is 3.09. The first-order valence-corrected chi connectivity index (χ1v) is 9.09. The number of benzene rings is 1. The molecule has 2 aliphatic rings. The summed E-state index contributed by atoms with van der Waals surface area (Å²) < 4.78 is 13.2. The summed E-state index contributed by atoms with van der Waals surface area (Å²) in [6, 6.07) is 5.18. The highest BCUT2D eigenvalue weighted by Crippen LogP contribution is 2.30. The molecule has 1 unspecified atom stereocenters. The maximum absolute atomic E-state index is 13.2. The van der Waals surface area contributed by atoms with Crippen LogP contribution >= 0.6 is 0 Å². The zero-order valence-electron chi connectivity index (χ0n) is 15.2. The van der Waals surface area contributed by atoms with Crippen molar-refractivity contribution in [2.24, 2.45) is 16.8 Å². The average molecular weight is 360 g/mol. The van der Waals surface area contributed by atoms with Crippen molar-refractivity contribution in [2.75, 3.05) is 11.6 Å². The Morgan fingerprint density at radius 3 is 2.50 bits per heavy atom. The first kappa shape index (κ1) is 18.4. The maximum atomic E-state index is 13.2. The number of hydrogen-bond donors (Lipinski definition) is 1. The number of rotatable bonds is 7. The molecule has 0 radical (unpaired) electrons. The number of primary amides is 1. The van der Waals surface area contributed by atoms with Crippen LogP contribution in [0.25, 0.3) is 0 Å². The van der Waals surface area contributed by atoms with Crippen molar-refractivity contribution in [2.45, 2.75) is 51.6 Å². The predicted molar refractivity (Wildman–Crippen MR) is 98.1 cm³/mol. The quantitative estimate of drug-likeness (QED) is 0.810. The molecule has 6 nitrogen and oxygen atoms in total. The minimum atomic E-state index is -0.731. The normalized spacial score (nSPS) is 19.6. The second-order valence-corrected chi connectivity index (χ2v) is 7.40. The number of nitrogens with zero attached hydrogens (tertiary/aromatic N) is 3. The summed E-state index contributed by atoms with van der Waals surface area (Å²) in [5, 5.41) is 5.82. The van der Waals surface area contributed by atoms with Crippen molar-refractivity contribution in [3.8, 4) is 0 Å². The second-order valence-electron chi connectivity index (χ2n) is 7.40. The Bertz CT molecular complexity index is 713. The van der Waals surface area contributed by atoms with Gasteiger partial charge >= 0.3 is 0 Å². The first-order valence-electron chi connectivity index (χ1n) is 9.09. The standard InChI is InChI=1S/C19H25FN4O2/c1-12(2)9-10-23(14-7-8-14)19(26)16-11-17(18(21)25)24(22-16)15-5-3-13(20)4-6-15/h3-6,12,14,17H,7-11H2,1-2H3,(H2,21,25). The molecule has 0 spiro atoms. The summed E-state index contributed by atoms with van der Waals surface area (Å²) in [5.41, 5.74) is 6.39. The zero-order chi connectivity index (χ0) is 18.8. The van der Waals surface area contributed by atoms with E-state index in [4.69, 9.17) is 5.73 Å². The largest absolute Gasteiger partial charge is 0.368 e. The van der Waals surface area contributed by atoms with Crippen molar-refractivity contribution in [1.29, 1.82) is 0 Å². The van der Waals surface area contributed by atoms with Crippen LogP contribution in [0.2, 0.25) is 0 Å². The average Bonchev–Trinajstić information content (AvgIpc) is 3.32. The Hall–Kier alpha value is -2.44. The molecule has 3 rings (SSSR count). The summed E-state index contributed by atoms with van der Waals surface area (Å²) in [6.07, 6.45) is 3.13. The van der Waals surface area contributed by atoms with E-state index in [0.29, 0.717) is 23.9 Å². The number of hydrazone groups is 1. The maximum Gasteiger partial charge on any atom is 0.270 e. The summed E-state index contributed by atoms with van der Waals surface area (Å²) in [4.78, 5) is 26.7. The lowest BCUT2D eigenvalue weighted by atomic mass is 10.1. The van der Waals surface area contributed by atoms with Gasteiger partial charge in [-0.15, -0.1) is 0 Å². The highest BCUT2D eigenvalue weighted by Gasteiger charge is 2.40. The van der Waals surface area contributed by atoms with E-state index in [9.17, 15) is 14.0 Å². The first-order chi connectivity index (χ1) is 12.4. The molecule has 1 aromatic rings. The molecule has 7 heteroatoms. The highest BCUT2D eigenvalue weighted by molar-refractivity contribution is 6.40. The minimum Gasteiger partial charge on any atom is -0.368 e. The Balaban J connectivity index is 1.81. The monoisotopic (exact) mass is 360 g/mol. The molecule has 26 heavy (non-hydrogen) atoms. The van der Waals surface area contributed by atoms with Crippen molar-refractivity contribution < 1.29 is 14.0 Å². The van der Waals surface area contributed by atoms with E-state index >= 15 is 0 Å². The molecule has 0 saturated heterocycles. The van der Waals surface area contributed by atoms with Gasteiger partial charge in [0, 0.05) is 19.0 Å². The van der Waals surface area contributed by atoms with E-state index in [1.807, 2.05) is 4.90 Å². The van der Waals surface area contributed by atoms with Gasteiger partial charge in [0.2, 0.25) is 5.91 Å². The van der Waals surface area contributed by atoms with Crippen LogP contribution < -0.4 is 10.7 Å². The number of carbonyl (C=O) groups is 2. The third-order valence-electron chi connectivity index (χ3n) is 4.77. The lowest BCUT2D eigenvalue weighted by molar-refractivity contribution is -0.124. The van der Waals surface area contributed by atoms with Crippen molar-refractivity contribution in [3.05, 3.63) is 30.1 Å². The smallest absolute Gasteiger partial charge is 0.270 e. The molecule has 1 saturated carbocycles. The van der Waals surface area contributed by atoms with E-state index in [2.05, 4.69) is 18.9 Å². The van der Waals surface area contributed by atoms with Crippen molar-refractivity contribution in [1.82, 2.24) is 4.90 Å². The van der Waals surface area contributed by atoms with Crippen LogP contribution in [0.3, 0.4) is 0 Å². The summed E-state index contributed by atoms with van der Waals surface area (Å²) >= 11 is 0. The Morgan fingerprint density at radius 2 is 1.96 bits per heavy atom. The van der Waals surface area contributed by atoms with Crippen LogP contribution in [-0.4, -0.2) is 41.1 Å². The van der Waals surface area contributed by atoms with Gasteiger partial charge in [-0.1, -0.05) is 13.8 Å². The number of halogens is 1. The summed E-state index contributed by atoms with van der Waals surface area (Å²) in [5.74, 6) is -0.550. The molecule has 0 aromatic heterocycles. The van der Waals surface area contributed by atoms with E-state index < -0.39 is 11.9 Å². The molecule has 1 aromatic carbocycles. The SMILES string of the molecule is CC(C)CCN(C(=O)C1=NN(c2ccc(F)cc2)C(C(N)=O)C1)C1CC1. The van der Waals surface area contributed by atoms with E-state index in [1.165, 1.54) is 29.3 Å². The zero-order valence-corrected chi connectivity index (χ0v) is 15.2. The van der Waals surface area contributed by atoms with Crippen LogP contribution in [0.4, 0.5) is 10.1 Å². The molecule has 1 aliphatic carbocycles. The molecule has 2 N–H and O–H groups in total. The molecule has 1 heterocycles. The molecular formula is C19H25FN4O2. The van der Waals surface area contributed by atoms with Crippen LogP contribution in [0, 0.1) is 11.7 Å². The number of hydrogen-bond acceptors (Lipinski definition) is 4. The van der Waals surface area contributed by atoms with Crippen LogP contribution in [0.5, 0.6) is 0 Å². The van der Waals surface area contributed by atoms with Gasteiger partial charge in [0.15, 0.2) is 0 Å². The van der Waals surface area contributed by atoms with Crippen LogP contribution in [-0.2, 0) is 9.59 Å². The summed E-state index contributed by atoms with van der Waals surface area (Å²) in [6.45, 7) is 4.95. The van der Waals surface area contributed by atoms with Crippen LogP contribution in [0.15, 0.2) is 29.4 Å². The van der Waals surface area contributed by atoms with Gasteiger partial charge in [-0.25, -0.2) is 4.39 Å². The number of anilines is 1. The van der Waals surface area contributed by atoms with Gasteiger partial charge in [0.25, 0.3) is 5.91 Å². The Kier molecular flexibility index (Phi) is 5.25. The van der Waals surface area contributed by atoms with Gasteiger partial charge in [-0.3, -0.25) is 14.6 Å². The van der Waals surface area contributed by atoms with Gasteiger partial charge in [0.1, 0.15) is 17.6 Å². The predicted octanol–water partition coefficient (Wildman–Crippen LogP) is 2.28. The second kappa shape index (κ2) is 7.43. The van der Waals surface area contributed by atoms with Crippen LogP contribution in [0.1, 0.15) is 39.5 Å². The molecule has 140 valence electrons. The molecule has 1 atom stereocenters.